The van der Waals surface area contributed by atoms with Gasteiger partial charge in [-0.15, -0.1) is 19.0 Å². The maximum atomic E-state index is 13.5. The normalized spacial score (nSPS) is 27.7. The average Bonchev–Trinajstić information content (AvgIpc) is 2.94. The van der Waals surface area contributed by atoms with E-state index in [1.807, 2.05) is 6.92 Å². The minimum atomic E-state index is -1.00. The lowest BCUT2D eigenvalue weighted by Crippen LogP contribution is -2.37. The molecule has 0 spiro atoms. The Hall–Kier alpha value is -3.51. The first-order valence-electron chi connectivity index (χ1n) is 13.8. The number of aliphatic hydroxyl groups is 1. The van der Waals surface area contributed by atoms with Crippen molar-refractivity contribution in [3.05, 3.63) is 71.1 Å². The topological polar surface area (TPSA) is 166 Å². The fourth-order valence-corrected chi connectivity index (χ4v) is 4.95. The van der Waals surface area contributed by atoms with Crippen molar-refractivity contribution in [2.24, 2.45) is 17.6 Å². The third-order valence-electron chi connectivity index (χ3n) is 7.22. The fourth-order valence-electron chi connectivity index (χ4n) is 4.95. The smallest absolute Gasteiger partial charge is 0.405 e. The number of methoxy groups -OCH3 is 2. The maximum absolute atomic E-state index is 13.5. The molecular formula is C31H44ClN3O8. The van der Waals surface area contributed by atoms with Gasteiger partial charge in [0.1, 0.15) is 6.10 Å². The van der Waals surface area contributed by atoms with Crippen molar-refractivity contribution in [2.75, 3.05) is 20.8 Å². The van der Waals surface area contributed by atoms with Crippen molar-refractivity contribution in [2.45, 2.75) is 65.0 Å². The second-order valence-corrected chi connectivity index (χ2v) is 10.6. The monoisotopic (exact) mass is 621 g/mol. The molecule has 12 heteroatoms. The van der Waals surface area contributed by atoms with Crippen LogP contribution in [0.3, 0.4) is 0 Å². The molecule has 2 aliphatic rings. The Labute approximate surface area is 259 Å². The molecule has 0 saturated heterocycles. The van der Waals surface area contributed by atoms with E-state index < -0.39 is 53.9 Å². The zero-order valence-corrected chi connectivity index (χ0v) is 26.4. The van der Waals surface area contributed by atoms with Crippen LogP contribution in [0.25, 0.3) is 0 Å². The van der Waals surface area contributed by atoms with Crippen LogP contribution in [0.1, 0.15) is 40.5 Å². The number of rotatable bonds is 6. The first-order valence-corrected chi connectivity index (χ1v) is 13.8. The molecule has 0 aromatic heterocycles. The molecule has 0 fully saturated rings. The second kappa shape index (κ2) is 17.6. The average molecular weight is 622 g/mol. The SMILES string of the molecule is C=CCNC1=C2CC(C)CC(OC)C(O)C(C)C=C(C)C(OC(N)=O)C(OC)C=CC=C(C)C(=O)NC(=CC1=O)C2=O.Cl. The molecule has 2 bridgehead atoms. The molecule has 0 saturated carbocycles. The summed E-state index contributed by atoms with van der Waals surface area (Å²) in [7, 11) is 2.92. The number of nitrogens with two attached hydrogens (primary N) is 1. The zero-order valence-electron chi connectivity index (χ0n) is 25.5. The fraction of sp³-hybridized carbons (Fsp3) is 0.484. The minimum absolute atomic E-state index is 0. The number of primary amides is 1. The highest BCUT2D eigenvalue weighted by Gasteiger charge is 2.33. The van der Waals surface area contributed by atoms with Crippen LogP contribution >= 0.6 is 12.4 Å². The van der Waals surface area contributed by atoms with Crippen LogP contribution in [0.15, 0.2) is 71.1 Å². The summed E-state index contributed by atoms with van der Waals surface area (Å²) in [6.07, 6.45) is 5.34. The summed E-state index contributed by atoms with van der Waals surface area (Å²) < 4.78 is 16.6. The van der Waals surface area contributed by atoms with Crippen molar-refractivity contribution in [3.63, 3.8) is 0 Å². The van der Waals surface area contributed by atoms with E-state index in [2.05, 4.69) is 17.2 Å². The first-order chi connectivity index (χ1) is 19.8. The predicted octanol–water partition coefficient (Wildman–Crippen LogP) is 2.96. The molecule has 43 heavy (non-hydrogen) atoms. The van der Waals surface area contributed by atoms with Gasteiger partial charge in [-0.05, 0) is 38.2 Å². The van der Waals surface area contributed by atoms with E-state index >= 15 is 0 Å². The summed E-state index contributed by atoms with van der Waals surface area (Å²) in [5.74, 6) is -2.14. The standard InChI is InChI=1S/C31H43N3O8.ClH/c1-8-12-33-26-21-13-17(2)14-25(41-7)27(36)19(4)15-20(5)29(42-31(32)39)24(40-6)11-9-10-18(3)30(38)34-22(28(21)37)16-23(26)35;/h8-11,15-17,19,24-25,27,29,33,36H,1,12-14H2,2-7H3,(H2,32,39)(H,34,38);1H. The van der Waals surface area contributed by atoms with Gasteiger partial charge >= 0.3 is 6.09 Å². The second-order valence-electron chi connectivity index (χ2n) is 10.6. The van der Waals surface area contributed by atoms with Crippen molar-refractivity contribution in [1.82, 2.24) is 10.6 Å². The summed E-state index contributed by atoms with van der Waals surface area (Å²) in [6.45, 7) is 10.9. The number of ether oxygens (including phenoxy) is 3. The number of allylic oxidation sites excluding steroid dienone is 4. The number of hydrogen-bond donors (Lipinski definition) is 4. The Balaban J connectivity index is 0.00000924. The van der Waals surface area contributed by atoms with E-state index in [9.17, 15) is 24.3 Å². The van der Waals surface area contributed by atoms with Gasteiger partial charge in [-0.25, -0.2) is 4.79 Å². The van der Waals surface area contributed by atoms with Crippen LogP contribution in [0, 0.1) is 11.8 Å². The summed E-state index contributed by atoms with van der Waals surface area (Å²) in [5.41, 5.74) is 6.42. The van der Waals surface area contributed by atoms with E-state index in [0.717, 1.165) is 6.08 Å². The molecule has 5 N–H and O–H groups in total. The molecule has 1 aliphatic carbocycles. The van der Waals surface area contributed by atoms with Gasteiger partial charge < -0.3 is 35.7 Å². The number of nitrogens with one attached hydrogen (secondary N) is 2. The molecule has 6 unspecified atom stereocenters. The molecule has 0 aromatic rings. The number of fused-ring (bicyclic) bond motifs is 2. The highest BCUT2D eigenvalue weighted by molar-refractivity contribution is 6.23. The Bertz CT molecular complexity index is 1220. The maximum Gasteiger partial charge on any atom is 0.405 e. The molecular weight excluding hydrogens is 578 g/mol. The third-order valence-corrected chi connectivity index (χ3v) is 7.22. The number of aliphatic hydroxyl groups excluding tert-OH is 1. The molecule has 2 amide bonds. The van der Waals surface area contributed by atoms with Gasteiger partial charge in [-0.3, -0.25) is 14.4 Å². The van der Waals surface area contributed by atoms with E-state index in [1.165, 1.54) is 20.3 Å². The molecule has 11 nitrogen and oxygen atoms in total. The van der Waals surface area contributed by atoms with Gasteiger partial charge in [0.15, 0.2) is 6.10 Å². The Morgan fingerprint density at radius 2 is 1.88 bits per heavy atom. The number of halogens is 1. The number of amides is 2. The van der Waals surface area contributed by atoms with E-state index in [4.69, 9.17) is 19.9 Å². The molecule has 1 heterocycles. The number of Topliss-reactive ketones (excluding diaryl/α,β-unsaturated/α-hetero) is 1. The van der Waals surface area contributed by atoms with Crippen LogP contribution < -0.4 is 16.4 Å². The highest BCUT2D eigenvalue weighted by Crippen LogP contribution is 2.28. The van der Waals surface area contributed by atoms with Crippen molar-refractivity contribution >= 4 is 36.0 Å². The number of hydrogen-bond acceptors (Lipinski definition) is 9. The number of carbonyl (C=O) groups is 4. The highest BCUT2D eigenvalue weighted by atomic mass is 35.5. The largest absolute Gasteiger partial charge is 0.439 e. The first kappa shape index (κ1) is 37.5. The van der Waals surface area contributed by atoms with Crippen LogP contribution in [0.5, 0.6) is 0 Å². The molecule has 0 radical (unpaired) electrons. The van der Waals surface area contributed by atoms with Crippen LogP contribution in [0.4, 0.5) is 4.79 Å². The lowest BCUT2D eigenvalue weighted by Gasteiger charge is -2.30. The molecule has 1 aliphatic heterocycles. The van der Waals surface area contributed by atoms with Crippen molar-refractivity contribution < 1.29 is 38.5 Å². The number of ketones is 2. The van der Waals surface area contributed by atoms with E-state index in [1.54, 1.807) is 45.1 Å². The van der Waals surface area contributed by atoms with Gasteiger partial charge in [0.05, 0.1) is 23.6 Å². The number of carbonyl (C=O) groups excluding carboxylic acids is 4. The van der Waals surface area contributed by atoms with Gasteiger partial charge in [-0.1, -0.05) is 44.2 Å². The van der Waals surface area contributed by atoms with Crippen LogP contribution in [-0.4, -0.2) is 73.9 Å². The third kappa shape index (κ3) is 10.3. The Kier molecular flexibility index (Phi) is 15.3. The van der Waals surface area contributed by atoms with Gasteiger partial charge in [-0.2, -0.15) is 0 Å². The molecule has 6 atom stereocenters. The van der Waals surface area contributed by atoms with E-state index in [0.29, 0.717) is 12.0 Å². The minimum Gasteiger partial charge on any atom is -0.439 e. The van der Waals surface area contributed by atoms with Gasteiger partial charge in [0, 0.05) is 43.9 Å². The van der Waals surface area contributed by atoms with Crippen molar-refractivity contribution in [1.29, 1.82) is 0 Å². The molecule has 2 rings (SSSR count). The zero-order chi connectivity index (χ0) is 31.6. The summed E-state index contributed by atoms with van der Waals surface area (Å²) in [4.78, 5) is 51.3. The Morgan fingerprint density at radius 1 is 1.21 bits per heavy atom. The Morgan fingerprint density at radius 3 is 2.47 bits per heavy atom. The van der Waals surface area contributed by atoms with Crippen molar-refractivity contribution in [3.8, 4) is 0 Å². The van der Waals surface area contributed by atoms with Gasteiger partial charge in [0.2, 0.25) is 11.6 Å². The van der Waals surface area contributed by atoms with Crippen LogP contribution in [0.2, 0.25) is 0 Å². The van der Waals surface area contributed by atoms with Gasteiger partial charge in [0.25, 0.3) is 5.91 Å². The molecule has 0 aromatic carbocycles. The quantitative estimate of drug-likeness (QED) is 0.258. The lowest BCUT2D eigenvalue weighted by molar-refractivity contribution is -0.120. The summed E-state index contributed by atoms with van der Waals surface area (Å²) in [5, 5.41) is 16.7. The summed E-state index contributed by atoms with van der Waals surface area (Å²) >= 11 is 0. The predicted molar refractivity (Wildman–Crippen MR) is 165 cm³/mol. The lowest BCUT2D eigenvalue weighted by atomic mass is 9.85. The summed E-state index contributed by atoms with van der Waals surface area (Å²) in [6, 6.07) is 0. The molecule has 238 valence electrons. The van der Waals surface area contributed by atoms with Crippen LogP contribution in [-0.2, 0) is 28.6 Å². The van der Waals surface area contributed by atoms with E-state index in [-0.39, 0.29) is 53.8 Å².